The van der Waals surface area contributed by atoms with Crippen LogP contribution in [0.1, 0.15) is 139 Å². The molecule has 2 N–H and O–H groups in total. The number of carbonyl (C=O) groups excluding carboxylic acids is 3. The van der Waals surface area contributed by atoms with Crippen LogP contribution in [-0.2, 0) is 33.7 Å². The molecule has 4 saturated carbocycles. The number of nitrogens with one attached hydrogen (secondary N) is 1. The number of carboxylic acids is 1. The Balaban J connectivity index is 1.25. The van der Waals surface area contributed by atoms with E-state index < -0.39 is 44.9 Å². The maximum Gasteiger partial charge on any atom is 0.408 e. The van der Waals surface area contributed by atoms with Gasteiger partial charge in [0.2, 0.25) is 0 Å². The molecule has 0 aromatic carbocycles. The van der Waals surface area contributed by atoms with E-state index in [1.165, 1.54) is 0 Å². The van der Waals surface area contributed by atoms with Gasteiger partial charge in [0.05, 0.1) is 28.9 Å². The number of hydrogen-bond donors (Lipinski definition) is 2. The van der Waals surface area contributed by atoms with Gasteiger partial charge in [-0.05, 0) is 129 Å². The van der Waals surface area contributed by atoms with Crippen LogP contribution in [0.15, 0.2) is 11.1 Å². The van der Waals surface area contributed by atoms with E-state index in [-0.39, 0.29) is 69.7 Å². The van der Waals surface area contributed by atoms with Crippen molar-refractivity contribution in [3.63, 3.8) is 0 Å². The van der Waals surface area contributed by atoms with Crippen molar-refractivity contribution in [2.75, 3.05) is 11.5 Å². The Hall–Kier alpha value is -2.43. The predicted octanol–water partition coefficient (Wildman–Crippen LogP) is 7.44. The van der Waals surface area contributed by atoms with Crippen LogP contribution in [0, 0.1) is 50.7 Å². The average molecular weight is 746 g/mol. The van der Waals surface area contributed by atoms with E-state index in [0.717, 1.165) is 56.1 Å². The number of rotatable bonds is 7. The molecule has 292 valence electrons. The topological polar surface area (TPSA) is 153 Å². The standard InChI is InChI=1S/C41H63NO9S/c1-24(2)32-27(43)22-41(42-35(47)50-25-14-20-52(48,49)21-15-25)19-18-39(8)26(33(32)41)10-11-29-38(7)16-13-30(51-31(44)23-36(3,4)34(45)46)37(5,6)28(38)12-17-40(29,39)9/h24-26,28-30H,10-23H2,1-9H3,(H,42,47)(H,45,46)/t26?,28?,29?,30-,38-,39+,40+,41+/m0/s1. The van der Waals surface area contributed by atoms with Crippen molar-refractivity contribution in [2.24, 2.45) is 50.7 Å². The number of carboxylic acid groups (broad SMARTS) is 1. The first-order chi connectivity index (χ1) is 23.9. The minimum Gasteiger partial charge on any atom is -0.481 e. The van der Waals surface area contributed by atoms with Crippen LogP contribution in [0.5, 0.6) is 0 Å². The molecule has 8 atom stereocenters. The van der Waals surface area contributed by atoms with Gasteiger partial charge in [0.1, 0.15) is 12.2 Å². The van der Waals surface area contributed by atoms with E-state index in [2.05, 4.69) is 53.8 Å². The Labute approximate surface area is 310 Å². The number of ether oxygens (including phenoxy) is 2. The molecular weight excluding hydrogens is 683 g/mol. The average Bonchev–Trinajstić information content (AvgIpc) is 3.31. The molecule has 52 heavy (non-hydrogen) atoms. The molecule has 6 aliphatic rings. The molecule has 1 heterocycles. The van der Waals surface area contributed by atoms with Crippen LogP contribution in [-0.4, -0.2) is 66.6 Å². The van der Waals surface area contributed by atoms with Crippen molar-refractivity contribution in [3.05, 3.63) is 11.1 Å². The van der Waals surface area contributed by atoms with Gasteiger partial charge in [0.15, 0.2) is 15.6 Å². The monoisotopic (exact) mass is 745 g/mol. The number of Topliss-reactive ketones (excluding diaryl/α,β-unsaturated/α-hetero) is 1. The number of amides is 1. The summed E-state index contributed by atoms with van der Waals surface area (Å²) in [5.41, 5.74) is -0.378. The molecule has 0 bridgehead atoms. The fourth-order valence-corrected chi connectivity index (χ4v) is 14.4. The van der Waals surface area contributed by atoms with Crippen LogP contribution in [0.25, 0.3) is 0 Å². The lowest BCUT2D eigenvalue weighted by Crippen LogP contribution is -2.67. The number of carbonyl (C=O) groups is 4. The first kappa shape index (κ1) is 39.3. The third-order valence-electron chi connectivity index (χ3n) is 15.9. The number of alkyl carbamates (subject to hydrolysis) is 1. The van der Waals surface area contributed by atoms with Gasteiger partial charge >= 0.3 is 18.0 Å². The molecule has 0 spiro atoms. The van der Waals surface area contributed by atoms with E-state index in [4.69, 9.17) is 9.47 Å². The number of hydrogen-bond acceptors (Lipinski definition) is 8. The summed E-state index contributed by atoms with van der Waals surface area (Å²) in [6, 6.07) is 0. The molecule has 1 saturated heterocycles. The molecule has 6 rings (SSSR count). The maximum absolute atomic E-state index is 13.9. The van der Waals surface area contributed by atoms with Crippen molar-refractivity contribution >= 4 is 33.7 Å². The second kappa shape index (κ2) is 12.8. The molecule has 1 aliphatic heterocycles. The number of fused-ring (bicyclic) bond motifs is 7. The minimum atomic E-state index is -3.09. The van der Waals surface area contributed by atoms with Crippen LogP contribution >= 0.6 is 0 Å². The quantitative estimate of drug-likeness (QED) is 0.253. The van der Waals surface area contributed by atoms with Crippen LogP contribution < -0.4 is 5.32 Å². The fourth-order valence-electron chi connectivity index (χ4n) is 12.9. The third-order valence-corrected chi connectivity index (χ3v) is 17.6. The highest BCUT2D eigenvalue weighted by Gasteiger charge is 2.70. The third kappa shape index (κ3) is 6.15. The molecule has 1 amide bonds. The van der Waals surface area contributed by atoms with Gasteiger partial charge in [-0.1, -0.05) is 48.5 Å². The number of ketones is 1. The van der Waals surface area contributed by atoms with Crippen molar-refractivity contribution in [3.8, 4) is 0 Å². The summed E-state index contributed by atoms with van der Waals surface area (Å²) in [5.74, 6) is -0.401. The van der Waals surface area contributed by atoms with E-state index >= 15 is 0 Å². The zero-order valence-electron chi connectivity index (χ0n) is 33.0. The summed E-state index contributed by atoms with van der Waals surface area (Å²) in [6.07, 6.45) is 6.56. The summed E-state index contributed by atoms with van der Waals surface area (Å²) in [6.45, 7) is 19.2. The fraction of sp³-hybridized carbons (Fsp3) is 0.854. The summed E-state index contributed by atoms with van der Waals surface area (Å²) < 4.78 is 35.9. The van der Waals surface area contributed by atoms with E-state index in [1.54, 1.807) is 13.8 Å². The first-order valence-corrected chi connectivity index (χ1v) is 21.6. The molecular formula is C41H63NO9S. The zero-order valence-corrected chi connectivity index (χ0v) is 33.8. The van der Waals surface area contributed by atoms with Crippen molar-refractivity contribution in [1.82, 2.24) is 5.32 Å². The van der Waals surface area contributed by atoms with Crippen molar-refractivity contribution in [1.29, 1.82) is 0 Å². The maximum atomic E-state index is 13.9. The summed E-state index contributed by atoms with van der Waals surface area (Å²) >= 11 is 0. The smallest absolute Gasteiger partial charge is 0.408 e. The van der Waals surface area contributed by atoms with Gasteiger partial charge in [-0.2, -0.15) is 0 Å². The largest absolute Gasteiger partial charge is 0.481 e. The van der Waals surface area contributed by atoms with E-state index in [0.29, 0.717) is 31.1 Å². The Morgan fingerprint density at radius 2 is 1.52 bits per heavy atom. The summed E-state index contributed by atoms with van der Waals surface area (Å²) in [4.78, 5) is 52.3. The van der Waals surface area contributed by atoms with Crippen molar-refractivity contribution < 1.29 is 42.2 Å². The Morgan fingerprint density at radius 3 is 2.13 bits per heavy atom. The Morgan fingerprint density at radius 1 is 0.865 bits per heavy atom. The van der Waals surface area contributed by atoms with E-state index in [1.807, 2.05) is 0 Å². The first-order valence-electron chi connectivity index (χ1n) is 19.8. The van der Waals surface area contributed by atoms with Gasteiger partial charge in [-0.3, -0.25) is 14.4 Å². The minimum absolute atomic E-state index is 0.0124. The van der Waals surface area contributed by atoms with Gasteiger partial charge in [0, 0.05) is 11.8 Å². The summed E-state index contributed by atoms with van der Waals surface area (Å²) in [5, 5.41) is 12.8. The molecule has 0 aromatic rings. The highest BCUT2D eigenvalue weighted by molar-refractivity contribution is 7.91. The van der Waals surface area contributed by atoms with Crippen molar-refractivity contribution in [2.45, 2.75) is 157 Å². The normalized spacial score (nSPS) is 39.8. The number of allylic oxidation sites excluding steroid dienone is 1. The second-order valence-electron chi connectivity index (χ2n) is 19.9. The van der Waals surface area contributed by atoms with E-state index in [9.17, 15) is 32.7 Å². The van der Waals surface area contributed by atoms with Crippen LogP contribution in [0.4, 0.5) is 4.79 Å². The number of aliphatic carboxylic acids is 1. The number of esters is 1. The molecule has 5 fully saturated rings. The highest BCUT2D eigenvalue weighted by atomic mass is 32.2. The zero-order chi connectivity index (χ0) is 38.4. The molecule has 11 heteroatoms. The lowest BCUT2D eigenvalue weighted by Gasteiger charge is -2.72. The van der Waals surface area contributed by atoms with Gasteiger partial charge in [-0.15, -0.1) is 0 Å². The summed E-state index contributed by atoms with van der Waals surface area (Å²) in [7, 11) is -3.09. The predicted molar refractivity (Wildman–Crippen MR) is 197 cm³/mol. The lowest BCUT2D eigenvalue weighted by molar-refractivity contribution is -0.232. The van der Waals surface area contributed by atoms with Crippen LogP contribution in [0.3, 0.4) is 0 Å². The molecule has 3 unspecified atom stereocenters. The van der Waals surface area contributed by atoms with Gasteiger partial charge in [-0.25, -0.2) is 13.2 Å². The number of sulfone groups is 1. The highest BCUT2D eigenvalue weighted by Crippen LogP contribution is 2.76. The van der Waals surface area contributed by atoms with Gasteiger partial charge < -0.3 is 19.9 Å². The van der Waals surface area contributed by atoms with Gasteiger partial charge in [0.25, 0.3) is 0 Å². The SMILES string of the molecule is CC(C)C1=C2C3CCC4[C@@]5(C)CC[C@H](OC(=O)CC(C)(C)C(=O)O)C(C)(C)C5CC[C@@]4(C)[C@]3(C)CC[C@@]2(NC(=O)OC2CCS(=O)(=O)CC2)CC1=O. The second-order valence-corrected chi connectivity index (χ2v) is 22.2. The molecule has 0 aromatic heterocycles. The Bertz CT molecular complexity index is 1650. The molecule has 5 aliphatic carbocycles. The van der Waals surface area contributed by atoms with Crippen LogP contribution in [0.2, 0.25) is 0 Å². The molecule has 10 nitrogen and oxygen atoms in total. The molecule has 0 radical (unpaired) electrons. The lowest BCUT2D eigenvalue weighted by atomic mass is 9.33. The Kier molecular flexibility index (Phi) is 9.69.